The van der Waals surface area contributed by atoms with Gasteiger partial charge in [0, 0.05) is 24.2 Å². The number of likely N-dealkylation sites (tertiary alicyclic amines) is 1. The summed E-state index contributed by atoms with van der Waals surface area (Å²) in [6.07, 6.45) is 0. The van der Waals surface area contributed by atoms with E-state index in [4.69, 9.17) is 16.3 Å². The molecule has 3 rings (SSSR count). The van der Waals surface area contributed by atoms with E-state index < -0.39 is 17.7 Å². The fourth-order valence-corrected chi connectivity index (χ4v) is 3.28. The lowest BCUT2D eigenvalue weighted by Crippen LogP contribution is -2.32. The number of Topliss-reactive ketones (excluding diaryl/α,β-unsaturated/α-hetero) is 1. The topological polar surface area (TPSA) is 66.8 Å². The summed E-state index contributed by atoms with van der Waals surface area (Å²) in [6.45, 7) is 2.49. The van der Waals surface area contributed by atoms with E-state index in [-0.39, 0.29) is 24.5 Å². The summed E-state index contributed by atoms with van der Waals surface area (Å²) in [7, 11) is 1.53. The van der Waals surface area contributed by atoms with Crippen LogP contribution in [0.15, 0.2) is 54.1 Å². The summed E-state index contributed by atoms with van der Waals surface area (Å²) in [5.41, 5.74) is 2.32. The van der Waals surface area contributed by atoms with Crippen molar-refractivity contribution in [1.82, 2.24) is 4.90 Å². The molecule has 0 unspecified atom stereocenters. The lowest BCUT2D eigenvalue weighted by atomic mass is 9.95. The summed E-state index contributed by atoms with van der Waals surface area (Å²) >= 11 is 5.91. The summed E-state index contributed by atoms with van der Waals surface area (Å²) in [4.78, 5) is 26.8. The Hall–Kier alpha value is -2.63. The molecule has 1 aliphatic heterocycles. The molecular formula is C21H20ClNO4. The molecule has 1 fully saturated rings. The van der Waals surface area contributed by atoms with Gasteiger partial charge in [0.15, 0.2) is 0 Å². The van der Waals surface area contributed by atoms with Crippen molar-refractivity contribution in [3.8, 4) is 0 Å². The number of halogens is 1. The predicted molar refractivity (Wildman–Crippen MR) is 104 cm³/mol. The number of aliphatic hydroxyl groups is 1. The van der Waals surface area contributed by atoms with Crippen molar-refractivity contribution in [2.45, 2.75) is 13.0 Å². The molecule has 1 N–H and O–H groups in total. The lowest BCUT2D eigenvalue weighted by Gasteiger charge is -2.25. The van der Waals surface area contributed by atoms with Crippen LogP contribution < -0.4 is 0 Å². The molecule has 0 saturated carbocycles. The molecule has 0 spiro atoms. The fraction of sp³-hybridized carbons (Fsp3) is 0.238. The zero-order valence-corrected chi connectivity index (χ0v) is 15.9. The highest BCUT2D eigenvalue weighted by molar-refractivity contribution is 6.46. The van der Waals surface area contributed by atoms with Crippen molar-refractivity contribution < 1.29 is 19.4 Å². The molecule has 1 heterocycles. The molecule has 1 amide bonds. The first-order chi connectivity index (χ1) is 12.9. The molecule has 2 aromatic carbocycles. The van der Waals surface area contributed by atoms with E-state index in [9.17, 15) is 14.7 Å². The zero-order chi connectivity index (χ0) is 19.6. The third-order valence-electron chi connectivity index (χ3n) is 4.59. The minimum atomic E-state index is -0.705. The van der Waals surface area contributed by atoms with Gasteiger partial charge in [0.05, 0.1) is 18.2 Å². The second-order valence-electron chi connectivity index (χ2n) is 6.40. The summed E-state index contributed by atoms with van der Waals surface area (Å²) < 4.78 is 5.09. The Balaban J connectivity index is 2.14. The SMILES string of the molecule is COCCN1C(=O)C(=O)/C(=C(/O)c2ccc(Cl)cc2)[C@H]1c1ccc(C)cc1. The van der Waals surface area contributed by atoms with Crippen LogP contribution in [0.3, 0.4) is 0 Å². The van der Waals surface area contributed by atoms with Gasteiger partial charge in [-0.1, -0.05) is 41.4 Å². The van der Waals surface area contributed by atoms with Crippen LogP contribution in [0, 0.1) is 6.92 Å². The largest absolute Gasteiger partial charge is 0.507 e. The molecular weight excluding hydrogens is 366 g/mol. The van der Waals surface area contributed by atoms with Crippen LogP contribution in [-0.2, 0) is 14.3 Å². The van der Waals surface area contributed by atoms with E-state index in [0.29, 0.717) is 10.6 Å². The highest BCUT2D eigenvalue weighted by atomic mass is 35.5. The molecule has 1 atom stereocenters. The number of ketones is 1. The quantitative estimate of drug-likeness (QED) is 0.484. The van der Waals surface area contributed by atoms with Crippen LogP contribution in [0.1, 0.15) is 22.7 Å². The Kier molecular flexibility index (Phi) is 5.63. The number of hydrogen-bond acceptors (Lipinski definition) is 4. The zero-order valence-electron chi connectivity index (χ0n) is 15.1. The van der Waals surface area contributed by atoms with Gasteiger partial charge in [0.1, 0.15) is 5.76 Å². The average molecular weight is 386 g/mol. The van der Waals surface area contributed by atoms with E-state index in [1.165, 1.54) is 12.0 Å². The summed E-state index contributed by atoms with van der Waals surface area (Å²) in [5, 5.41) is 11.4. The minimum Gasteiger partial charge on any atom is -0.507 e. The molecule has 140 valence electrons. The van der Waals surface area contributed by atoms with E-state index in [0.717, 1.165) is 11.1 Å². The molecule has 5 nitrogen and oxygen atoms in total. The van der Waals surface area contributed by atoms with Gasteiger partial charge in [-0.05, 0) is 36.8 Å². The van der Waals surface area contributed by atoms with Gasteiger partial charge in [0.25, 0.3) is 11.7 Å². The predicted octanol–water partition coefficient (Wildman–Crippen LogP) is 3.72. The maximum atomic E-state index is 12.7. The normalized spacial score (nSPS) is 18.9. The van der Waals surface area contributed by atoms with Gasteiger partial charge in [-0.3, -0.25) is 9.59 Å². The van der Waals surface area contributed by atoms with Crippen molar-refractivity contribution in [1.29, 1.82) is 0 Å². The Bertz CT molecular complexity index is 887. The number of nitrogens with zero attached hydrogens (tertiary/aromatic N) is 1. The number of rotatable bonds is 5. The molecule has 0 aliphatic carbocycles. The number of aliphatic hydroxyl groups excluding tert-OH is 1. The Morgan fingerprint density at radius 3 is 2.33 bits per heavy atom. The van der Waals surface area contributed by atoms with Crippen molar-refractivity contribution in [3.05, 3.63) is 75.8 Å². The van der Waals surface area contributed by atoms with Gasteiger partial charge in [-0.25, -0.2) is 0 Å². The number of methoxy groups -OCH3 is 1. The molecule has 0 aromatic heterocycles. The maximum Gasteiger partial charge on any atom is 0.295 e. The minimum absolute atomic E-state index is 0.0716. The van der Waals surface area contributed by atoms with Gasteiger partial charge in [-0.15, -0.1) is 0 Å². The second kappa shape index (κ2) is 7.94. The number of amides is 1. The van der Waals surface area contributed by atoms with Crippen LogP contribution in [0.4, 0.5) is 0 Å². The van der Waals surface area contributed by atoms with Gasteiger partial charge in [-0.2, -0.15) is 0 Å². The van der Waals surface area contributed by atoms with E-state index in [1.54, 1.807) is 24.3 Å². The Morgan fingerprint density at radius 1 is 1.11 bits per heavy atom. The van der Waals surface area contributed by atoms with Crippen LogP contribution in [0.5, 0.6) is 0 Å². The highest BCUT2D eigenvalue weighted by Crippen LogP contribution is 2.39. The van der Waals surface area contributed by atoms with Crippen molar-refractivity contribution in [2.24, 2.45) is 0 Å². The van der Waals surface area contributed by atoms with Gasteiger partial charge >= 0.3 is 0 Å². The van der Waals surface area contributed by atoms with Crippen molar-refractivity contribution in [3.63, 3.8) is 0 Å². The number of benzene rings is 2. The average Bonchev–Trinajstić information content (AvgIpc) is 2.91. The lowest BCUT2D eigenvalue weighted by molar-refractivity contribution is -0.140. The number of carbonyl (C=O) groups excluding carboxylic acids is 2. The number of aryl methyl sites for hydroxylation is 1. The first-order valence-corrected chi connectivity index (χ1v) is 8.91. The molecule has 1 aliphatic rings. The smallest absolute Gasteiger partial charge is 0.295 e. The van der Waals surface area contributed by atoms with Crippen LogP contribution in [-0.4, -0.2) is 42.0 Å². The Labute approximate surface area is 162 Å². The summed E-state index contributed by atoms with van der Waals surface area (Å²) in [5.74, 6) is -1.56. The molecule has 2 aromatic rings. The molecule has 27 heavy (non-hydrogen) atoms. The number of ether oxygens (including phenoxy) is 1. The van der Waals surface area contributed by atoms with Crippen LogP contribution in [0.2, 0.25) is 5.02 Å². The number of carbonyl (C=O) groups is 2. The van der Waals surface area contributed by atoms with Crippen LogP contribution in [0.25, 0.3) is 5.76 Å². The molecule has 1 saturated heterocycles. The van der Waals surface area contributed by atoms with E-state index in [2.05, 4.69) is 0 Å². The first-order valence-electron chi connectivity index (χ1n) is 8.54. The van der Waals surface area contributed by atoms with E-state index >= 15 is 0 Å². The summed E-state index contributed by atoms with van der Waals surface area (Å²) in [6, 6.07) is 13.4. The van der Waals surface area contributed by atoms with Gasteiger partial charge in [0.2, 0.25) is 0 Å². The first kappa shape index (κ1) is 19.1. The fourth-order valence-electron chi connectivity index (χ4n) is 3.16. The third-order valence-corrected chi connectivity index (χ3v) is 4.84. The standard InChI is InChI=1S/C21H20ClNO4/c1-13-3-5-14(6-4-13)18-17(19(24)15-7-9-16(22)10-8-15)20(25)21(26)23(18)11-12-27-2/h3-10,18,24H,11-12H2,1-2H3/b19-17+/t18-/m1/s1. The monoisotopic (exact) mass is 385 g/mol. The molecule has 0 bridgehead atoms. The second-order valence-corrected chi connectivity index (χ2v) is 6.84. The molecule has 0 radical (unpaired) electrons. The van der Waals surface area contributed by atoms with E-state index in [1.807, 2.05) is 31.2 Å². The van der Waals surface area contributed by atoms with Crippen molar-refractivity contribution >= 4 is 29.1 Å². The van der Waals surface area contributed by atoms with Gasteiger partial charge < -0.3 is 14.7 Å². The Morgan fingerprint density at radius 2 is 1.74 bits per heavy atom. The van der Waals surface area contributed by atoms with Crippen LogP contribution >= 0.6 is 11.6 Å². The maximum absolute atomic E-state index is 12.7. The molecule has 6 heteroatoms. The van der Waals surface area contributed by atoms with Crippen molar-refractivity contribution in [2.75, 3.05) is 20.3 Å². The highest BCUT2D eigenvalue weighted by Gasteiger charge is 2.45. The third kappa shape index (κ3) is 3.75. The number of hydrogen-bond donors (Lipinski definition) is 1.